The lowest BCUT2D eigenvalue weighted by molar-refractivity contribution is 0.248. The SMILES string of the molecule is Cc1cccc(S(=O)(=O)N2C3CCCC2CC3)c1. The van der Waals surface area contributed by atoms with Gasteiger partial charge < -0.3 is 0 Å². The zero-order chi connectivity index (χ0) is 12.8. The number of hydrogen-bond acceptors (Lipinski definition) is 2. The molecule has 0 spiro atoms. The highest BCUT2D eigenvalue weighted by molar-refractivity contribution is 7.89. The van der Waals surface area contributed by atoms with Crippen LogP contribution in [-0.2, 0) is 10.0 Å². The molecule has 2 bridgehead atoms. The molecule has 2 fully saturated rings. The van der Waals surface area contributed by atoms with Gasteiger partial charge in [-0.05, 0) is 50.3 Å². The minimum Gasteiger partial charge on any atom is -0.207 e. The van der Waals surface area contributed by atoms with Crippen LogP contribution >= 0.6 is 0 Å². The molecule has 1 aromatic rings. The standard InChI is InChI=1S/C14H19NO2S/c1-11-4-2-7-14(10-11)18(16,17)15-12-5-3-6-13(15)9-8-12/h2,4,7,10,12-13H,3,5-6,8-9H2,1H3. The molecule has 1 aromatic carbocycles. The minimum atomic E-state index is -3.29. The summed E-state index contributed by atoms with van der Waals surface area (Å²) in [7, 11) is -3.29. The average Bonchev–Trinajstić information content (AvgIpc) is 2.61. The third-order valence-electron chi connectivity index (χ3n) is 4.19. The molecule has 2 unspecified atom stereocenters. The Balaban J connectivity index is 2.00. The predicted molar refractivity (Wildman–Crippen MR) is 70.9 cm³/mol. The van der Waals surface area contributed by atoms with Crippen LogP contribution in [0.15, 0.2) is 29.2 Å². The third-order valence-corrected chi connectivity index (χ3v) is 6.19. The van der Waals surface area contributed by atoms with Crippen LogP contribution in [0.25, 0.3) is 0 Å². The van der Waals surface area contributed by atoms with E-state index in [1.54, 1.807) is 16.4 Å². The number of aryl methyl sites for hydroxylation is 1. The van der Waals surface area contributed by atoms with Gasteiger partial charge in [0.1, 0.15) is 0 Å². The van der Waals surface area contributed by atoms with E-state index in [4.69, 9.17) is 0 Å². The number of sulfonamides is 1. The molecule has 2 aliphatic heterocycles. The fourth-order valence-corrected chi connectivity index (χ4v) is 5.40. The van der Waals surface area contributed by atoms with Crippen LogP contribution < -0.4 is 0 Å². The maximum Gasteiger partial charge on any atom is 0.243 e. The highest BCUT2D eigenvalue weighted by atomic mass is 32.2. The normalized spacial score (nSPS) is 28.5. The summed E-state index contributed by atoms with van der Waals surface area (Å²) in [6.45, 7) is 1.93. The van der Waals surface area contributed by atoms with Gasteiger partial charge in [-0.2, -0.15) is 4.31 Å². The van der Waals surface area contributed by atoms with Gasteiger partial charge in [0.05, 0.1) is 4.90 Å². The second-order valence-corrected chi connectivity index (χ2v) is 7.31. The molecule has 0 radical (unpaired) electrons. The summed E-state index contributed by atoms with van der Waals surface area (Å²) < 4.78 is 27.2. The largest absolute Gasteiger partial charge is 0.243 e. The van der Waals surface area contributed by atoms with E-state index in [0.29, 0.717) is 4.90 Å². The van der Waals surface area contributed by atoms with Gasteiger partial charge in [-0.15, -0.1) is 0 Å². The molecule has 2 saturated heterocycles. The Labute approximate surface area is 109 Å². The Kier molecular flexibility index (Phi) is 2.94. The molecule has 3 nitrogen and oxygen atoms in total. The van der Waals surface area contributed by atoms with Crippen molar-refractivity contribution in [1.82, 2.24) is 4.31 Å². The van der Waals surface area contributed by atoms with Gasteiger partial charge >= 0.3 is 0 Å². The number of nitrogens with zero attached hydrogens (tertiary/aromatic N) is 1. The molecule has 0 amide bonds. The Morgan fingerprint density at radius 2 is 1.78 bits per heavy atom. The Morgan fingerprint density at radius 3 is 2.39 bits per heavy atom. The molecular weight excluding hydrogens is 246 g/mol. The summed E-state index contributed by atoms with van der Waals surface area (Å²) in [5.41, 5.74) is 1.00. The summed E-state index contributed by atoms with van der Waals surface area (Å²) in [6.07, 6.45) is 5.31. The maximum atomic E-state index is 12.7. The highest BCUT2D eigenvalue weighted by Crippen LogP contribution is 2.39. The molecule has 18 heavy (non-hydrogen) atoms. The number of fused-ring (bicyclic) bond motifs is 2. The van der Waals surface area contributed by atoms with E-state index in [1.807, 2.05) is 19.1 Å². The monoisotopic (exact) mass is 265 g/mol. The second-order valence-electron chi connectivity index (χ2n) is 5.47. The molecular formula is C14H19NO2S. The van der Waals surface area contributed by atoms with Crippen LogP contribution in [0.4, 0.5) is 0 Å². The Morgan fingerprint density at radius 1 is 1.11 bits per heavy atom. The quantitative estimate of drug-likeness (QED) is 0.824. The summed E-state index contributed by atoms with van der Waals surface area (Å²) in [6, 6.07) is 7.75. The average molecular weight is 265 g/mol. The van der Waals surface area contributed by atoms with E-state index < -0.39 is 10.0 Å². The van der Waals surface area contributed by atoms with Gasteiger partial charge in [0.2, 0.25) is 10.0 Å². The molecule has 2 atom stereocenters. The van der Waals surface area contributed by atoms with Gasteiger partial charge in [-0.1, -0.05) is 18.6 Å². The van der Waals surface area contributed by atoms with Crippen LogP contribution in [0.2, 0.25) is 0 Å². The van der Waals surface area contributed by atoms with E-state index in [9.17, 15) is 8.42 Å². The van der Waals surface area contributed by atoms with E-state index >= 15 is 0 Å². The molecule has 2 heterocycles. The zero-order valence-corrected chi connectivity index (χ0v) is 11.5. The number of piperidine rings is 1. The number of benzene rings is 1. The summed E-state index contributed by atoms with van der Waals surface area (Å²) in [5.74, 6) is 0. The van der Waals surface area contributed by atoms with Crippen molar-refractivity contribution >= 4 is 10.0 Å². The smallest absolute Gasteiger partial charge is 0.207 e. The van der Waals surface area contributed by atoms with Crippen LogP contribution in [0.1, 0.15) is 37.7 Å². The molecule has 4 heteroatoms. The maximum absolute atomic E-state index is 12.7. The number of rotatable bonds is 2. The van der Waals surface area contributed by atoms with Crippen molar-refractivity contribution < 1.29 is 8.42 Å². The second kappa shape index (κ2) is 4.35. The first kappa shape index (κ1) is 12.2. The molecule has 98 valence electrons. The summed E-state index contributed by atoms with van der Waals surface area (Å²) in [5, 5.41) is 0. The molecule has 0 N–H and O–H groups in total. The van der Waals surface area contributed by atoms with Crippen LogP contribution in [0, 0.1) is 6.92 Å². The third kappa shape index (κ3) is 1.88. The topological polar surface area (TPSA) is 37.4 Å². The lowest BCUT2D eigenvalue weighted by Crippen LogP contribution is -2.43. The predicted octanol–water partition coefficient (Wildman–Crippen LogP) is 2.70. The van der Waals surface area contributed by atoms with Gasteiger partial charge in [0, 0.05) is 12.1 Å². The fraction of sp³-hybridized carbons (Fsp3) is 0.571. The van der Waals surface area contributed by atoms with Crippen LogP contribution in [0.3, 0.4) is 0 Å². The summed E-state index contributed by atoms with van der Waals surface area (Å²) >= 11 is 0. The lowest BCUT2D eigenvalue weighted by Gasteiger charge is -2.33. The van der Waals surface area contributed by atoms with Gasteiger partial charge in [0.25, 0.3) is 0 Å². The van der Waals surface area contributed by atoms with Crippen molar-refractivity contribution in [3.63, 3.8) is 0 Å². The van der Waals surface area contributed by atoms with Crippen molar-refractivity contribution in [3.8, 4) is 0 Å². The first-order valence-electron chi connectivity index (χ1n) is 6.69. The molecule has 2 aliphatic rings. The first-order chi connectivity index (χ1) is 8.59. The van der Waals surface area contributed by atoms with Crippen molar-refractivity contribution in [2.75, 3.05) is 0 Å². The lowest BCUT2D eigenvalue weighted by atomic mass is 10.1. The van der Waals surface area contributed by atoms with Crippen molar-refractivity contribution in [3.05, 3.63) is 29.8 Å². The zero-order valence-electron chi connectivity index (χ0n) is 10.7. The van der Waals surface area contributed by atoms with E-state index in [2.05, 4.69) is 0 Å². The first-order valence-corrected chi connectivity index (χ1v) is 8.13. The van der Waals surface area contributed by atoms with Crippen LogP contribution in [-0.4, -0.2) is 24.8 Å². The van der Waals surface area contributed by atoms with E-state index in [0.717, 1.165) is 31.2 Å². The molecule has 0 aromatic heterocycles. The molecule has 0 saturated carbocycles. The van der Waals surface area contributed by atoms with E-state index in [1.165, 1.54) is 6.42 Å². The van der Waals surface area contributed by atoms with Crippen molar-refractivity contribution in [2.24, 2.45) is 0 Å². The number of hydrogen-bond donors (Lipinski definition) is 0. The van der Waals surface area contributed by atoms with E-state index in [-0.39, 0.29) is 12.1 Å². The molecule has 3 rings (SSSR count). The Hall–Kier alpha value is -0.870. The highest BCUT2D eigenvalue weighted by Gasteiger charge is 2.44. The van der Waals surface area contributed by atoms with Gasteiger partial charge in [0.15, 0.2) is 0 Å². The summed E-state index contributed by atoms with van der Waals surface area (Å²) in [4.78, 5) is 0.460. The molecule has 0 aliphatic carbocycles. The van der Waals surface area contributed by atoms with Gasteiger partial charge in [-0.3, -0.25) is 0 Å². The Bertz CT molecular complexity index is 537. The minimum absolute atomic E-state index is 0.245. The fourth-order valence-electron chi connectivity index (χ4n) is 3.36. The van der Waals surface area contributed by atoms with Crippen LogP contribution in [0.5, 0.6) is 0 Å². The van der Waals surface area contributed by atoms with Crippen molar-refractivity contribution in [2.45, 2.75) is 56.0 Å². The van der Waals surface area contributed by atoms with Crippen molar-refractivity contribution in [1.29, 1.82) is 0 Å². The van der Waals surface area contributed by atoms with Gasteiger partial charge in [-0.25, -0.2) is 8.42 Å².